The molecule has 1 fully saturated rings. The van der Waals surface area contributed by atoms with E-state index in [1.165, 1.54) is 34.8 Å². The molecule has 0 bridgehead atoms. The number of halogens is 1. The van der Waals surface area contributed by atoms with E-state index in [2.05, 4.69) is 0 Å². The van der Waals surface area contributed by atoms with Crippen LogP contribution in [0.2, 0.25) is 0 Å². The van der Waals surface area contributed by atoms with Crippen LogP contribution in [0, 0.1) is 5.82 Å². The van der Waals surface area contributed by atoms with Gasteiger partial charge in [-0.2, -0.15) is 17.0 Å². The van der Waals surface area contributed by atoms with Gasteiger partial charge in [0.15, 0.2) is 0 Å². The standard InChI is InChI=1S/C13H19FN2O2S/c1-15(2)19(17,18)16-10-4-3-5-13(16)11-6-8-12(14)9-7-11/h6-9,13H,3-5,10H2,1-2H3/t13-/m1/s1. The zero-order chi connectivity index (χ0) is 14.0. The molecule has 6 heteroatoms. The Morgan fingerprint density at radius 3 is 2.42 bits per heavy atom. The summed E-state index contributed by atoms with van der Waals surface area (Å²) in [5.74, 6) is -0.304. The molecular weight excluding hydrogens is 267 g/mol. The van der Waals surface area contributed by atoms with Crippen molar-refractivity contribution in [2.75, 3.05) is 20.6 Å². The molecule has 0 N–H and O–H groups in total. The Labute approximate surface area is 114 Å². The van der Waals surface area contributed by atoms with Gasteiger partial charge in [-0.05, 0) is 30.5 Å². The van der Waals surface area contributed by atoms with Crippen LogP contribution < -0.4 is 0 Å². The highest BCUT2D eigenvalue weighted by Gasteiger charge is 2.34. The second-order valence-electron chi connectivity index (χ2n) is 4.96. The predicted octanol–water partition coefficient (Wildman–Crippen LogP) is 2.16. The first-order chi connectivity index (χ1) is 8.93. The van der Waals surface area contributed by atoms with E-state index >= 15 is 0 Å². The minimum absolute atomic E-state index is 0.193. The van der Waals surface area contributed by atoms with E-state index < -0.39 is 10.2 Å². The number of piperidine rings is 1. The van der Waals surface area contributed by atoms with Gasteiger partial charge in [0.1, 0.15) is 5.82 Å². The number of hydrogen-bond donors (Lipinski definition) is 0. The molecule has 1 saturated heterocycles. The first-order valence-electron chi connectivity index (χ1n) is 6.37. The first-order valence-corrected chi connectivity index (χ1v) is 7.77. The van der Waals surface area contributed by atoms with Gasteiger partial charge in [-0.3, -0.25) is 0 Å². The maximum absolute atomic E-state index is 13.0. The number of nitrogens with zero attached hydrogens (tertiary/aromatic N) is 2. The fourth-order valence-corrected chi connectivity index (χ4v) is 3.74. The smallest absolute Gasteiger partial charge is 0.207 e. The van der Waals surface area contributed by atoms with Crippen molar-refractivity contribution in [1.82, 2.24) is 8.61 Å². The lowest BCUT2D eigenvalue weighted by atomic mass is 9.97. The Morgan fingerprint density at radius 1 is 1.21 bits per heavy atom. The number of rotatable bonds is 3. The summed E-state index contributed by atoms with van der Waals surface area (Å²) in [5, 5.41) is 0. The average molecular weight is 286 g/mol. The van der Waals surface area contributed by atoms with Gasteiger partial charge in [0.25, 0.3) is 10.2 Å². The van der Waals surface area contributed by atoms with Gasteiger partial charge in [0, 0.05) is 20.6 Å². The van der Waals surface area contributed by atoms with Crippen molar-refractivity contribution in [3.05, 3.63) is 35.6 Å². The molecule has 0 radical (unpaired) electrons. The molecule has 1 aromatic rings. The van der Waals surface area contributed by atoms with Crippen molar-refractivity contribution >= 4 is 10.2 Å². The van der Waals surface area contributed by atoms with Gasteiger partial charge in [-0.1, -0.05) is 18.6 Å². The van der Waals surface area contributed by atoms with E-state index in [4.69, 9.17) is 0 Å². The molecule has 0 spiro atoms. The number of hydrogen-bond acceptors (Lipinski definition) is 2. The fourth-order valence-electron chi connectivity index (χ4n) is 2.41. The highest BCUT2D eigenvalue weighted by molar-refractivity contribution is 7.86. The zero-order valence-corrected chi connectivity index (χ0v) is 12.0. The van der Waals surface area contributed by atoms with Gasteiger partial charge >= 0.3 is 0 Å². The van der Waals surface area contributed by atoms with Crippen molar-refractivity contribution in [2.45, 2.75) is 25.3 Å². The lowest BCUT2D eigenvalue weighted by molar-refractivity contribution is 0.242. The Hall–Kier alpha value is -0.980. The third-order valence-corrected chi connectivity index (χ3v) is 5.42. The van der Waals surface area contributed by atoms with Crippen molar-refractivity contribution in [1.29, 1.82) is 0 Å². The molecule has 0 aromatic heterocycles. The summed E-state index contributed by atoms with van der Waals surface area (Å²) >= 11 is 0. The summed E-state index contributed by atoms with van der Waals surface area (Å²) in [6.07, 6.45) is 2.63. The summed E-state index contributed by atoms with van der Waals surface area (Å²) in [6.45, 7) is 0.516. The van der Waals surface area contributed by atoms with Crippen LogP contribution in [0.4, 0.5) is 4.39 Å². The lowest BCUT2D eigenvalue weighted by Crippen LogP contribution is -2.44. The second kappa shape index (κ2) is 5.56. The molecule has 0 unspecified atom stereocenters. The van der Waals surface area contributed by atoms with Crippen molar-refractivity contribution in [3.8, 4) is 0 Å². The van der Waals surface area contributed by atoms with Crippen molar-refractivity contribution < 1.29 is 12.8 Å². The topological polar surface area (TPSA) is 40.6 Å². The summed E-state index contributed by atoms with van der Waals surface area (Å²) in [4.78, 5) is 0. The molecule has 1 aromatic carbocycles. The molecule has 1 atom stereocenters. The van der Waals surface area contributed by atoms with E-state index in [0.717, 1.165) is 24.8 Å². The minimum atomic E-state index is -3.43. The quantitative estimate of drug-likeness (QED) is 0.854. The summed E-state index contributed by atoms with van der Waals surface area (Å²) in [6, 6.07) is 5.91. The Bertz CT molecular complexity index is 528. The van der Waals surface area contributed by atoms with E-state index in [0.29, 0.717) is 6.54 Å². The van der Waals surface area contributed by atoms with Crippen LogP contribution in [0.1, 0.15) is 30.9 Å². The monoisotopic (exact) mass is 286 g/mol. The molecular formula is C13H19FN2O2S. The molecule has 2 rings (SSSR count). The Morgan fingerprint density at radius 2 is 1.84 bits per heavy atom. The van der Waals surface area contributed by atoms with E-state index in [9.17, 15) is 12.8 Å². The van der Waals surface area contributed by atoms with Gasteiger partial charge in [0.2, 0.25) is 0 Å². The fraction of sp³-hybridized carbons (Fsp3) is 0.538. The van der Waals surface area contributed by atoms with Crippen LogP contribution in [0.25, 0.3) is 0 Å². The highest BCUT2D eigenvalue weighted by Crippen LogP contribution is 2.33. The molecule has 0 aliphatic carbocycles. The molecule has 1 heterocycles. The van der Waals surface area contributed by atoms with Crippen LogP contribution >= 0.6 is 0 Å². The lowest BCUT2D eigenvalue weighted by Gasteiger charge is -2.36. The molecule has 0 saturated carbocycles. The van der Waals surface area contributed by atoms with Crippen molar-refractivity contribution in [3.63, 3.8) is 0 Å². The molecule has 4 nitrogen and oxygen atoms in total. The molecule has 1 aliphatic heterocycles. The predicted molar refractivity (Wildman–Crippen MR) is 72.3 cm³/mol. The van der Waals surface area contributed by atoms with Crippen LogP contribution in [-0.4, -0.2) is 37.7 Å². The third-order valence-electron chi connectivity index (χ3n) is 3.47. The second-order valence-corrected chi connectivity index (χ2v) is 7.06. The zero-order valence-electron chi connectivity index (χ0n) is 11.2. The molecule has 1 aliphatic rings. The maximum atomic E-state index is 13.0. The summed E-state index contributed by atoms with van der Waals surface area (Å²) in [5.41, 5.74) is 0.853. The van der Waals surface area contributed by atoms with Gasteiger partial charge in [-0.25, -0.2) is 4.39 Å². The van der Waals surface area contributed by atoms with Crippen LogP contribution in [0.15, 0.2) is 24.3 Å². The molecule has 106 valence electrons. The normalized spacial score (nSPS) is 21.8. The largest absolute Gasteiger partial charge is 0.282 e. The Balaban J connectivity index is 2.33. The van der Waals surface area contributed by atoms with Crippen LogP contribution in [-0.2, 0) is 10.2 Å². The SMILES string of the molecule is CN(C)S(=O)(=O)N1CCCC[C@@H]1c1ccc(F)cc1. The Kier molecular flexibility index (Phi) is 4.23. The molecule has 19 heavy (non-hydrogen) atoms. The maximum Gasteiger partial charge on any atom is 0.282 e. The van der Waals surface area contributed by atoms with Crippen molar-refractivity contribution in [2.24, 2.45) is 0 Å². The van der Waals surface area contributed by atoms with Gasteiger partial charge in [0.05, 0.1) is 6.04 Å². The van der Waals surface area contributed by atoms with E-state index in [1.54, 1.807) is 12.1 Å². The van der Waals surface area contributed by atoms with Gasteiger partial charge in [-0.15, -0.1) is 0 Å². The van der Waals surface area contributed by atoms with Gasteiger partial charge < -0.3 is 0 Å². The highest BCUT2D eigenvalue weighted by atomic mass is 32.2. The van der Waals surface area contributed by atoms with Crippen LogP contribution in [0.3, 0.4) is 0 Å². The minimum Gasteiger partial charge on any atom is -0.207 e. The third kappa shape index (κ3) is 2.96. The van der Waals surface area contributed by atoms with E-state index in [-0.39, 0.29) is 11.9 Å². The first kappa shape index (κ1) is 14.4. The number of benzene rings is 1. The average Bonchev–Trinajstić information content (AvgIpc) is 2.39. The summed E-state index contributed by atoms with van der Waals surface area (Å²) in [7, 11) is -0.368. The summed E-state index contributed by atoms with van der Waals surface area (Å²) < 4.78 is 40.3. The van der Waals surface area contributed by atoms with Crippen LogP contribution in [0.5, 0.6) is 0 Å². The van der Waals surface area contributed by atoms with E-state index in [1.807, 2.05) is 0 Å². The molecule has 0 amide bonds.